The normalized spacial score (nSPS) is 12.2. The van der Waals surface area contributed by atoms with Crippen molar-refractivity contribution in [1.82, 2.24) is 4.90 Å². The second kappa shape index (κ2) is 6.36. The lowest BCUT2D eigenvalue weighted by atomic mass is 10.0. The van der Waals surface area contributed by atoms with Gasteiger partial charge in [0.15, 0.2) is 0 Å². The Hall–Kier alpha value is -2.11. The van der Waals surface area contributed by atoms with Gasteiger partial charge >= 0.3 is 0 Å². The van der Waals surface area contributed by atoms with Crippen LogP contribution in [-0.4, -0.2) is 28.8 Å². The lowest BCUT2D eigenvalue weighted by molar-refractivity contribution is -0.383. The first-order chi connectivity index (χ1) is 9.23. The molecule has 0 saturated heterocycles. The molecule has 1 aromatic carbocycles. The van der Waals surface area contributed by atoms with E-state index in [-0.39, 0.29) is 28.9 Å². The molecule has 6 nitrogen and oxygen atoms in total. The molecule has 0 spiro atoms. The van der Waals surface area contributed by atoms with Crippen LogP contribution in [0.25, 0.3) is 0 Å². The van der Waals surface area contributed by atoms with E-state index < -0.39 is 4.92 Å². The van der Waals surface area contributed by atoms with Crippen molar-refractivity contribution in [2.45, 2.75) is 33.2 Å². The Morgan fingerprint density at radius 3 is 2.50 bits per heavy atom. The Labute approximate surface area is 118 Å². The van der Waals surface area contributed by atoms with Gasteiger partial charge in [0.05, 0.1) is 4.92 Å². The van der Waals surface area contributed by atoms with E-state index in [1.165, 1.54) is 18.2 Å². The summed E-state index contributed by atoms with van der Waals surface area (Å²) in [4.78, 5) is 24.2. The molecule has 1 amide bonds. The molecule has 0 radical (unpaired) electrons. The maximum Gasteiger partial charge on any atom is 0.292 e. The number of benzene rings is 1. The molecule has 20 heavy (non-hydrogen) atoms. The molecular weight excluding hydrogens is 258 g/mol. The molecule has 0 heterocycles. The van der Waals surface area contributed by atoms with Gasteiger partial charge in [0.2, 0.25) is 0 Å². The van der Waals surface area contributed by atoms with Crippen molar-refractivity contribution < 1.29 is 9.72 Å². The molecule has 0 fully saturated rings. The van der Waals surface area contributed by atoms with E-state index >= 15 is 0 Å². The van der Waals surface area contributed by atoms with Crippen molar-refractivity contribution in [2.24, 2.45) is 5.92 Å². The number of amides is 1. The fourth-order valence-electron chi connectivity index (χ4n) is 2.08. The topological polar surface area (TPSA) is 89.5 Å². The molecule has 0 saturated carbocycles. The van der Waals surface area contributed by atoms with E-state index in [2.05, 4.69) is 13.8 Å². The average Bonchev–Trinajstić information content (AvgIpc) is 2.36. The predicted octanol–water partition coefficient (Wildman–Crippen LogP) is 2.68. The van der Waals surface area contributed by atoms with Crippen LogP contribution in [0.2, 0.25) is 0 Å². The van der Waals surface area contributed by atoms with Gasteiger partial charge in [-0.1, -0.05) is 13.8 Å². The minimum absolute atomic E-state index is 0.0597. The molecule has 0 aliphatic carbocycles. The predicted molar refractivity (Wildman–Crippen MR) is 78.5 cm³/mol. The van der Waals surface area contributed by atoms with Gasteiger partial charge in [-0.15, -0.1) is 0 Å². The molecule has 1 rings (SSSR count). The van der Waals surface area contributed by atoms with Crippen molar-refractivity contribution in [3.8, 4) is 0 Å². The summed E-state index contributed by atoms with van der Waals surface area (Å²) in [6.45, 7) is 6.13. The third-order valence-corrected chi connectivity index (χ3v) is 3.27. The largest absolute Gasteiger partial charge is 0.393 e. The van der Waals surface area contributed by atoms with Crippen molar-refractivity contribution in [1.29, 1.82) is 0 Å². The van der Waals surface area contributed by atoms with Crippen molar-refractivity contribution in [3.63, 3.8) is 0 Å². The van der Waals surface area contributed by atoms with Crippen LogP contribution in [0.4, 0.5) is 11.4 Å². The highest BCUT2D eigenvalue weighted by atomic mass is 16.6. The van der Waals surface area contributed by atoms with Gasteiger partial charge in [-0.2, -0.15) is 0 Å². The maximum atomic E-state index is 12.3. The Kier molecular flexibility index (Phi) is 5.07. The zero-order chi connectivity index (χ0) is 15.4. The van der Waals surface area contributed by atoms with E-state index in [4.69, 9.17) is 5.73 Å². The molecule has 2 N–H and O–H groups in total. The van der Waals surface area contributed by atoms with Crippen LogP contribution in [0, 0.1) is 16.0 Å². The second-order valence-electron chi connectivity index (χ2n) is 5.43. The highest BCUT2D eigenvalue weighted by Crippen LogP contribution is 2.23. The van der Waals surface area contributed by atoms with Gasteiger partial charge in [-0.05, 0) is 31.4 Å². The van der Waals surface area contributed by atoms with Gasteiger partial charge in [-0.3, -0.25) is 14.9 Å². The minimum atomic E-state index is -0.580. The first kappa shape index (κ1) is 15.9. The highest BCUT2D eigenvalue weighted by Gasteiger charge is 2.21. The van der Waals surface area contributed by atoms with Crippen LogP contribution in [0.1, 0.15) is 37.6 Å². The summed E-state index contributed by atoms with van der Waals surface area (Å²) >= 11 is 0. The van der Waals surface area contributed by atoms with Gasteiger partial charge in [0.1, 0.15) is 5.69 Å². The number of nitrogens with zero attached hydrogens (tertiary/aromatic N) is 2. The summed E-state index contributed by atoms with van der Waals surface area (Å²) in [5.41, 5.74) is 5.63. The van der Waals surface area contributed by atoms with Gasteiger partial charge in [-0.25, -0.2) is 0 Å². The van der Waals surface area contributed by atoms with E-state index in [1.807, 2.05) is 6.92 Å². The zero-order valence-corrected chi connectivity index (χ0v) is 12.3. The summed E-state index contributed by atoms with van der Waals surface area (Å²) in [5, 5.41) is 10.8. The molecular formula is C14H21N3O3. The second-order valence-corrected chi connectivity index (χ2v) is 5.43. The molecule has 0 aromatic heterocycles. The van der Waals surface area contributed by atoms with Crippen LogP contribution >= 0.6 is 0 Å². The van der Waals surface area contributed by atoms with Gasteiger partial charge in [0.25, 0.3) is 11.6 Å². The number of rotatable bonds is 5. The molecule has 110 valence electrons. The molecule has 1 aromatic rings. The number of hydrogen-bond acceptors (Lipinski definition) is 4. The Balaban J connectivity index is 2.97. The lowest BCUT2D eigenvalue weighted by Crippen LogP contribution is -2.35. The van der Waals surface area contributed by atoms with Crippen LogP contribution in [-0.2, 0) is 0 Å². The number of nitro groups is 1. The number of nitrogen functional groups attached to an aromatic ring is 1. The summed E-state index contributed by atoms with van der Waals surface area (Å²) < 4.78 is 0. The average molecular weight is 279 g/mol. The first-order valence-corrected chi connectivity index (χ1v) is 6.55. The number of hydrogen-bond donors (Lipinski definition) is 1. The van der Waals surface area contributed by atoms with E-state index in [1.54, 1.807) is 11.9 Å². The smallest absolute Gasteiger partial charge is 0.292 e. The van der Waals surface area contributed by atoms with Crippen LogP contribution in [0.15, 0.2) is 18.2 Å². The van der Waals surface area contributed by atoms with Crippen LogP contribution < -0.4 is 5.73 Å². The van der Waals surface area contributed by atoms with Crippen molar-refractivity contribution >= 4 is 17.3 Å². The van der Waals surface area contributed by atoms with E-state index in [9.17, 15) is 14.9 Å². The van der Waals surface area contributed by atoms with Gasteiger partial charge in [0, 0.05) is 24.7 Å². The summed E-state index contributed by atoms with van der Waals surface area (Å²) in [5.74, 6) is 0.238. The number of carbonyl (C=O) groups is 1. The molecule has 1 unspecified atom stereocenters. The third-order valence-electron chi connectivity index (χ3n) is 3.27. The molecule has 6 heteroatoms. The highest BCUT2D eigenvalue weighted by molar-refractivity contribution is 5.95. The summed E-state index contributed by atoms with van der Waals surface area (Å²) in [6, 6.07) is 4.21. The number of nitro benzene ring substituents is 1. The molecule has 0 aliphatic rings. The van der Waals surface area contributed by atoms with E-state index in [0.29, 0.717) is 5.92 Å². The number of carbonyl (C=O) groups excluding carboxylic acids is 1. The van der Waals surface area contributed by atoms with Crippen LogP contribution in [0.5, 0.6) is 0 Å². The minimum Gasteiger partial charge on any atom is -0.393 e. The quantitative estimate of drug-likeness (QED) is 0.509. The van der Waals surface area contributed by atoms with Gasteiger partial charge < -0.3 is 10.6 Å². The number of anilines is 1. The molecule has 0 aliphatic heterocycles. The first-order valence-electron chi connectivity index (χ1n) is 6.55. The molecule has 0 bridgehead atoms. The SMILES string of the molecule is CC(C)CC(C)N(C)C(=O)c1ccc(N)c([N+](=O)[O-])c1. The van der Waals surface area contributed by atoms with Crippen molar-refractivity contribution in [2.75, 3.05) is 12.8 Å². The Bertz CT molecular complexity index is 514. The lowest BCUT2D eigenvalue weighted by Gasteiger charge is -2.26. The summed E-state index contributed by atoms with van der Waals surface area (Å²) in [6.07, 6.45) is 0.874. The summed E-state index contributed by atoms with van der Waals surface area (Å²) in [7, 11) is 1.71. The van der Waals surface area contributed by atoms with Crippen molar-refractivity contribution in [3.05, 3.63) is 33.9 Å². The Morgan fingerprint density at radius 1 is 1.40 bits per heavy atom. The fraction of sp³-hybridized carbons (Fsp3) is 0.500. The fourth-order valence-corrected chi connectivity index (χ4v) is 2.08. The maximum absolute atomic E-state index is 12.3. The molecule has 1 atom stereocenters. The monoisotopic (exact) mass is 279 g/mol. The standard InChI is InChI=1S/C14H21N3O3/c1-9(2)7-10(3)16(4)14(18)11-5-6-12(15)13(8-11)17(19)20/h5-6,8-10H,7,15H2,1-4H3. The van der Waals surface area contributed by atoms with Crippen LogP contribution in [0.3, 0.4) is 0 Å². The third kappa shape index (κ3) is 3.69. The van der Waals surface area contributed by atoms with E-state index in [0.717, 1.165) is 6.42 Å². The zero-order valence-electron chi connectivity index (χ0n) is 12.3. The number of nitrogens with two attached hydrogens (primary N) is 1. The Morgan fingerprint density at radius 2 is 2.00 bits per heavy atom.